The SMILES string of the molecule is N=C(N)c1ccc(-c2[nH]c3cc(C(=N)N)ccc3c2CC(=O)OCC2CCCCO2)cc1. The Labute approximate surface area is 185 Å². The number of hydrogen-bond acceptors (Lipinski definition) is 5. The monoisotopic (exact) mass is 433 g/mol. The van der Waals surface area contributed by atoms with Crippen LogP contribution in [0.1, 0.15) is 36.0 Å². The zero-order valence-electron chi connectivity index (χ0n) is 17.7. The summed E-state index contributed by atoms with van der Waals surface area (Å²) in [5.41, 5.74) is 15.7. The summed E-state index contributed by atoms with van der Waals surface area (Å²) in [4.78, 5) is 16.1. The van der Waals surface area contributed by atoms with Crippen molar-refractivity contribution in [3.63, 3.8) is 0 Å². The molecule has 32 heavy (non-hydrogen) atoms. The molecular weight excluding hydrogens is 406 g/mol. The Morgan fingerprint density at radius 2 is 1.78 bits per heavy atom. The zero-order valence-corrected chi connectivity index (χ0v) is 17.7. The van der Waals surface area contributed by atoms with Gasteiger partial charge in [0.25, 0.3) is 0 Å². The first kappa shape index (κ1) is 21.6. The van der Waals surface area contributed by atoms with Crippen LogP contribution in [0.15, 0.2) is 42.5 Å². The zero-order chi connectivity index (χ0) is 22.7. The van der Waals surface area contributed by atoms with Crippen LogP contribution in [-0.4, -0.2) is 41.9 Å². The topological polar surface area (TPSA) is 151 Å². The molecule has 4 rings (SSSR count). The van der Waals surface area contributed by atoms with E-state index in [4.69, 9.17) is 31.8 Å². The molecule has 1 aliphatic heterocycles. The summed E-state index contributed by atoms with van der Waals surface area (Å²) >= 11 is 0. The number of nitrogen functional groups attached to an aromatic ring is 2. The molecule has 1 aromatic heterocycles. The van der Waals surface area contributed by atoms with Crippen molar-refractivity contribution in [2.45, 2.75) is 31.8 Å². The molecule has 0 aliphatic carbocycles. The minimum atomic E-state index is -0.322. The number of carbonyl (C=O) groups excluding carboxylic acids is 1. The normalized spacial score (nSPS) is 16.1. The van der Waals surface area contributed by atoms with Crippen LogP contribution in [0.3, 0.4) is 0 Å². The van der Waals surface area contributed by atoms with Crippen molar-refractivity contribution >= 4 is 28.5 Å². The molecule has 2 aromatic carbocycles. The third kappa shape index (κ3) is 4.65. The largest absolute Gasteiger partial charge is 0.463 e. The Morgan fingerprint density at radius 3 is 2.44 bits per heavy atom. The van der Waals surface area contributed by atoms with Crippen molar-refractivity contribution in [3.05, 3.63) is 59.2 Å². The number of benzene rings is 2. The number of rotatable bonds is 7. The molecular formula is C24H27N5O3. The summed E-state index contributed by atoms with van der Waals surface area (Å²) in [7, 11) is 0. The molecule has 1 aliphatic rings. The number of fused-ring (bicyclic) bond motifs is 1. The third-order valence-corrected chi connectivity index (χ3v) is 5.73. The summed E-state index contributed by atoms with van der Waals surface area (Å²) in [6, 6.07) is 12.7. The Balaban J connectivity index is 1.65. The number of ether oxygens (including phenoxy) is 2. The first-order valence-electron chi connectivity index (χ1n) is 10.6. The van der Waals surface area contributed by atoms with Crippen LogP contribution in [0.5, 0.6) is 0 Å². The molecule has 8 heteroatoms. The number of nitrogens with one attached hydrogen (secondary N) is 3. The van der Waals surface area contributed by atoms with Gasteiger partial charge < -0.3 is 25.9 Å². The fourth-order valence-electron chi connectivity index (χ4n) is 3.99. The van der Waals surface area contributed by atoms with Crippen LogP contribution in [-0.2, 0) is 20.7 Å². The lowest BCUT2D eigenvalue weighted by Gasteiger charge is -2.22. The molecule has 2 heterocycles. The van der Waals surface area contributed by atoms with Gasteiger partial charge in [-0.15, -0.1) is 0 Å². The number of nitrogens with two attached hydrogens (primary N) is 2. The van der Waals surface area contributed by atoms with Gasteiger partial charge in [-0.1, -0.05) is 36.4 Å². The first-order chi connectivity index (χ1) is 15.4. The predicted octanol–water partition coefficient (Wildman–Crippen LogP) is 3.06. The molecule has 1 fully saturated rings. The lowest BCUT2D eigenvalue weighted by molar-refractivity contribution is -0.148. The van der Waals surface area contributed by atoms with Crippen molar-refractivity contribution in [1.82, 2.24) is 4.98 Å². The van der Waals surface area contributed by atoms with Crippen molar-refractivity contribution in [3.8, 4) is 11.3 Å². The quantitative estimate of drug-likeness (QED) is 0.220. The molecule has 1 atom stereocenters. The van der Waals surface area contributed by atoms with E-state index in [1.807, 2.05) is 18.2 Å². The van der Waals surface area contributed by atoms with Gasteiger partial charge in [0, 0.05) is 28.6 Å². The first-order valence-corrected chi connectivity index (χ1v) is 10.6. The summed E-state index contributed by atoms with van der Waals surface area (Å²) in [6.07, 6.45) is 3.10. The van der Waals surface area contributed by atoms with Gasteiger partial charge >= 0.3 is 5.97 Å². The van der Waals surface area contributed by atoms with Gasteiger partial charge in [0.05, 0.1) is 18.2 Å². The number of aromatic nitrogens is 1. The second kappa shape index (κ2) is 9.23. The standard InChI is InChI=1S/C24H27N5O3/c25-23(26)15-6-4-14(5-7-15)22-19(12-21(30)32-13-17-3-1-2-10-31-17)18-9-8-16(24(27)28)11-20(18)29-22/h4-9,11,17,29H,1-3,10,12-13H2,(H3,25,26)(H3,27,28). The number of H-pyrrole nitrogens is 1. The van der Waals surface area contributed by atoms with Gasteiger partial charge in [0.1, 0.15) is 18.3 Å². The van der Waals surface area contributed by atoms with E-state index >= 15 is 0 Å². The molecule has 1 unspecified atom stereocenters. The number of aromatic amines is 1. The highest BCUT2D eigenvalue weighted by atomic mass is 16.6. The number of carbonyl (C=O) groups is 1. The highest BCUT2D eigenvalue weighted by molar-refractivity contribution is 6.01. The second-order valence-corrected chi connectivity index (χ2v) is 7.99. The molecule has 0 saturated carbocycles. The van der Waals surface area contributed by atoms with Gasteiger partial charge in [-0.05, 0) is 36.5 Å². The number of esters is 1. The maximum Gasteiger partial charge on any atom is 0.310 e. The summed E-state index contributed by atoms with van der Waals surface area (Å²) in [6.45, 7) is 0.974. The average Bonchev–Trinajstić information content (AvgIpc) is 3.16. The molecule has 1 saturated heterocycles. The molecule has 0 bridgehead atoms. The molecule has 166 valence electrons. The minimum Gasteiger partial charge on any atom is -0.463 e. The van der Waals surface area contributed by atoms with Gasteiger partial charge in [0.2, 0.25) is 0 Å². The summed E-state index contributed by atoms with van der Waals surface area (Å²) in [5, 5.41) is 16.2. The van der Waals surface area contributed by atoms with Crippen LogP contribution < -0.4 is 11.5 Å². The van der Waals surface area contributed by atoms with E-state index in [1.165, 1.54) is 0 Å². The van der Waals surface area contributed by atoms with Crippen LogP contribution in [0.4, 0.5) is 0 Å². The average molecular weight is 434 g/mol. The van der Waals surface area contributed by atoms with Gasteiger partial charge in [-0.3, -0.25) is 15.6 Å². The van der Waals surface area contributed by atoms with Gasteiger partial charge in [0.15, 0.2) is 0 Å². The molecule has 0 amide bonds. The Kier molecular flexibility index (Phi) is 6.23. The van der Waals surface area contributed by atoms with E-state index in [1.54, 1.807) is 24.3 Å². The van der Waals surface area contributed by atoms with E-state index < -0.39 is 0 Å². The Hall–Kier alpha value is -3.65. The lowest BCUT2D eigenvalue weighted by Crippen LogP contribution is -2.26. The molecule has 3 aromatic rings. The maximum atomic E-state index is 12.7. The fourth-order valence-corrected chi connectivity index (χ4v) is 3.99. The van der Waals surface area contributed by atoms with Crippen molar-refractivity contribution < 1.29 is 14.3 Å². The van der Waals surface area contributed by atoms with Crippen molar-refractivity contribution in [2.24, 2.45) is 11.5 Å². The van der Waals surface area contributed by atoms with E-state index in [-0.39, 0.29) is 36.8 Å². The second-order valence-electron chi connectivity index (χ2n) is 7.99. The van der Waals surface area contributed by atoms with Crippen molar-refractivity contribution in [2.75, 3.05) is 13.2 Å². The molecule has 0 radical (unpaired) electrons. The van der Waals surface area contributed by atoms with E-state index in [0.29, 0.717) is 17.7 Å². The summed E-state index contributed by atoms with van der Waals surface area (Å²) < 4.78 is 11.2. The van der Waals surface area contributed by atoms with Crippen molar-refractivity contribution in [1.29, 1.82) is 10.8 Å². The van der Waals surface area contributed by atoms with E-state index in [9.17, 15) is 4.79 Å². The van der Waals surface area contributed by atoms with E-state index in [0.717, 1.165) is 47.0 Å². The van der Waals surface area contributed by atoms with E-state index in [2.05, 4.69) is 4.98 Å². The highest BCUT2D eigenvalue weighted by Gasteiger charge is 2.20. The lowest BCUT2D eigenvalue weighted by atomic mass is 10.0. The predicted molar refractivity (Wildman–Crippen MR) is 124 cm³/mol. The fraction of sp³-hybridized carbons (Fsp3) is 0.292. The van der Waals surface area contributed by atoms with Crippen LogP contribution >= 0.6 is 0 Å². The Bertz CT molecular complexity index is 1160. The molecule has 0 spiro atoms. The van der Waals surface area contributed by atoms with Crippen LogP contribution in [0.25, 0.3) is 22.2 Å². The maximum absolute atomic E-state index is 12.7. The number of amidine groups is 2. The third-order valence-electron chi connectivity index (χ3n) is 5.73. The number of hydrogen-bond donors (Lipinski definition) is 5. The smallest absolute Gasteiger partial charge is 0.310 e. The summed E-state index contributed by atoms with van der Waals surface area (Å²) in [5.74, 6) is -0.354. The molecule has 8 nitrogen and oxygen atoms in total. The van der Waals surface area contributed by atoms with Crippen LogP contribution in [0.2, 0.25) is 0 Å². The van der Waals surface area contributed by atoms with Gasteiger partial charge in [-0.25, -0.2) is 0 Å². The molecule has 7 N–H and O–H groups in total. The Morgan fingerprint density at radius 1 is 1.06 bits per heavy atom. The van der Waals surface area contributed by atoms with Crippen LogP contribution in [0, 0.1) is 10.8 Å². The minimum absolute atomic E-state index is 0.00645. The highest BCUT2D eigenvalue weighted by Crippen LogP contribution is 2.32. The van der Waals surface area contributed by atoms with Gasteiger partial charge in [-0.2, -0.15) is 0 Å².